The highest BCUT2D eigenvalue weighted by Gasteiger charge is 2.27. The van der Waals surface area contributed by atoms with Crippen LogP contribution in [-0.4, -0.2) is 73.1 Å². The monoisotopic (exact) mass is 520 g/mol. The van der Waals surface area contributed by atoms with E-state index in [1.807, 2.05) is 18.8 Å². The third kappa shape index (κ3) is 7.40. The second-order valence-corrected chi connectivity index (χ2v) is 7.70. The molecule has 1 fully saturated rings. The van der Waals surface area contributed by atoms with Crippen LogP contribution >= 0.6 is 24.0 Å². The maximum atomic E-state index is 5.55. The fraction of sp³-hybridized carbons (Fsp3) is 0.810. The quantitative estimate of drug-likeness (QED) is 0.298. The number of halogens is 1. The zero-order valence-corrected chi connectivity index (χ0v) is 21.5. The molecule has 0 aromatic carbocycles. The predicted molar refractivity (Wildman–Crippen MR) is 131 cm³/mol. The Morgan fingerprint density at radius 3 is 2.34 bits per heavy atom. The average molecular weight is 521 g/mol. The van der Waals surface area contributed by atoms with Crippen LogP contribution in [0, 0.1) is 19.8 Å². The van der Waals surface area contributed by atoms with Crippen LogP contribution in [-0.2, 0) is 18.2 Å². The molecule has 1 saturated heterocycles. The van der Waals surface area contributed by atoms with Gasteiger partial charge < -0.3 is 15.4 Å². The summed E-state index contributed by atoms with van der Waals surface area (Å²) in [5.41, 5.74) is 3.68. The number of hydrogen-bond acceptors (Lipinski definition) is 4. The van der Waals surface area contributed by atoms with Gasteiger partial charge in [-0.15, -0.1) is 24.0 Å². The molecule has 2 N–H and O–H groups in total. The number of nitrogens with one attached hydrogen (secondary N) is 2. The van der Waals surface area contributed by atoms with Crippen molar-refractivity contribution in [1.29, 1.82) is 0 Å². The number of guanidine groups is 1. The van der Waals surface area contributed by atoms with Crippen molar-refractivity contribution in [3.8, 4) is 0 Å². The van der Waals surface area contributed by atoms with Crippen LogP contribution in [0.3, 0.4) is 0 Å². The standard InChI is InChI=1S/C21H40N6O.HI/c1-7-18(8-2)20(27-11-13-28-14-12-27)15-24-21(22-5)23-10-9-19-16(3)25-26(6)17(19)4;/h18,20H,7-15H2,1-6H3,(H2,22,23,24);1H. The molecule has 2 rings (SSSR count). The van der Waals surface area contributed by atoms with Crippen molar-refractivity contribution in [3.63, 3.8) is 0 Å². The van der Waals surface area contributed by atoms with E-state index in [0.29, 0.717) is 12.0 Å². The van der Waals surface area contributed by atoms with Gasteiger partial charge in [-0.2, -0.15) is 5.10 Å². The fourth-order valence-electron chi connectivity index (χ4n) is 4.24. The summed E-state index contributed by atoms with van der Waals surface area (Å²) in [5.74, 6) is 1.56. The Labute approximate surface area is 194 Å². The van der Waals surface area contributed by atoms with Gasteiger partial charge in [0.25, 0.3) is 0 Å². The summed E-state index contributed by atoms with van der Waals surface area (Å²) in [4.78, 5) is 7.01. The van der Waals surface area contributed by atoms with Gasteiger partial charge in [0.1, 0.15) is 0 Å². The summed E-state index contributed by atoms with van der Waals surface area (Å²) in [6, 6.07) is 0.514. The molecule has 8 heteroatoms. The minimum atomic E-state index is 0. The molecular weight excluding hydrogens is 479 g/mol. The summed E-state index contributed by atoms with van der Waals surface area (Å²) >= 11 is 0. The van der Waals surface area contributed by atoms with Gasteiger partial charge in [-0.1, -0.05) is 26.7 Å². The first-order valence-corrected chi connectivity index (χ1v) is 10.8. The van der Waals surface area contributed by atoms with Crippen molar-refractivity contribution in [2.45, 2.75) is 53.0 Å². The lowest BCUT2D eigenvalue weighted by atomic mass is 9.92. The number of rotatable bonds is 9. The first-order chi connectivity index (χ1) is 13.5. The second-order valence-electron chi connectivity index (χ2n) is 7.70. The highest BCUT2D eigenvalue weighted by Crippen LogP contribution is 2.19. The summed E-state index contributed by atoms with van der Waals surface area (Å²) in [6.45, 7) is 14.3. The molecule has 1 aromatic heterocycles. The van der Waals surface area contributed by atoms with Gasteiger partial charge in [-0.25, -0.2) is 0 Å². The number of nitrogens with zero attached hydrogens (tertiary/aromatic N) is 4. The summed E-state index contributed by atoms with van der Waals surface area (Å²) in [7, 11) is 3.85. The molecule has 0 aliphatic carbocycles. The van der Waals surface area contributed by atoms with Crippen molar-refractivity contribution in [2.75, 3.05) is 46.4 Å². The Bertz CT molecular complexity index is 623. The number of ether oxygens (including phenoxy) is 1. The molecule has 1 aromatic rings. The molecule has 29 heavy (non-hydrogen) atoms. The third-order valence-electron chi connectivity index (χ3n) is 6.14. The third-order valence-corrected chi connectivity index (χ3v) is 6.14. The van der Waals surface area contributed by atoms with E-state index in [9.17, 15) is 0 Å². The largest absolute Gasteiger partial charge is 0.379 e. The van der Waals surface area contributed by atoms with Crippen LogP contribution in [0.4, 0.5) is 0 Å². The van der Waals surface area contributed by atoms with Crippen molar-refractivity contribution in [1.82, 2.24) is 25.3 Å². The highest BCUT2D eigenvalue weighted by atomic mass is 127. The number of aromatic nitrogens is 2. The first kappa shape index (κ1) is 26.2. The van der Waals surface area contributed by atoms with Gasteiger partial charge in [-0.05, 0) is 31.7 Å². The van der Waals surface area contributed by atoms with E-state index in [0.717, 1.165) is 57.5 Å². The molecule has 0 spiro atoms. The van der Waals surface area contributed by atoms with Crippen molar-refractivity contribution >= 4 is 29.9 Å². The van der Waals surface area contributed by atoms with Crippen LogP contribution in [0.1, 0.15) is 43.6 Å². The van der Waals surface area contributed by atoms with Crippen LogP contribution in [0.5, 0.6) is 0 Å². The van der Waals surface area contributed by atoms with Gasteiger partial charge >= 0.3 is 0 Å². The van der Waals surface area contributed by atoms with Gasteiger partial charge in [0.05, 0.1) is 18.9 Å². The molecule has 0 amide bonds. The zero-order chi connectivity index (χ0) is 20.5. The van der Waals surface area contributed by atoms with E-state index in [1.54, 1.807) is 0 Å². The van der Waals surface area contributed by atoms with Crippen LogP contribution < -0.4 is 10.6 Å². The minimum absolute atomic E-state index is 0. The topological polar surface area (TPSA) is 66.7 Å². The predicted octanol–water partition coefficient (Wildman–Crippen LogP) is 2.50. The molecule has 1 atom stereocenters. The second kappa shape index (κ2) is 13.4. The normalized spacial score (nSPS) is 16.6. The molecule has 0 bridgehead atoms. The van der Waals surface area contributed by atoms with Gasteiger partial charge in [0.2, 0.25) is 0 Å². The van der Waals surface area contributed by atoms with E-state index in [-0.39, 0.29) is 24.0 Å². The number of aryl methyl sites for hydroxylation is 2. The van der Waals surface area contributed by atoms with Crippen LogP contribution in [0.2, 0.25) is 0 Å². The van der Waals surface area contributed by atoms with Crippen LogP contribution in [0.15, 0.2) is 4.99 Å². The summed E-state index contributed by atoms with van der Waals surface area (Å²) in [6.07, 6.45) is 3.35. The molecule has 0 radical (unpaired) electrons. The van der Waals surface area contributed by atoms with Gasteiger partial charge in [0.15, 0.2) is 5.96 Å². The van der Waals surface area contributed by atoms with Crippen molar-refractivity contribution in [3.05, 3.63) is 17.0 Å². The van der Waals surface area contributed by atoms with E-state index < -0.39 is 0 Å². The zero-order valence-electron chi connectivity index (χ0n) is 19.1. The van der Waals surface area contributed by atoms with Crippen molar-refractivity contribution in [2.24, 2.45) is 18.0 Å². The first-order valence-electron chi connectivity index (χ1n) is 10.8. The van der Waals surface area contributed by atoms with E-state index in [1.165, 1.54) is 24.1 Å². The number of hydrogen-bond donors (Lipinski definition) is 2. The number of aliphatic imine (C=N–C) groups is 1. The van der Waals surface area contributed by atoms with Gasteiger partial charge in [0, 0.05) is 52.0 Å². The molecule has 1 aliphatic rings. The van der Waals surface area contributed by atoms with Crippen molar-refractivity contribution < 1.29 is 4.74 Å². The van der Waals surface area contributed by atoms with Crippen LogP contribution in [0.25, 0.3) is 0 Å². The maximum absolute atomic E-state index is 5.55. The number of morpholine rings is 1. The van der Waals surface area contributed by atoms with E-state index in [2.05, 4.69) is 53.3 Å². The highest BCUT2D eigenvalue weighted by molar-refractivity contribution is 14.0. The van der Waals surface area contributed by atoms with Gasteiger partial charge in [-0.3, -0.25) is 14.6 Å². The molecular formula is C21H41IN6O. The SMILES string of the molecule is CCC(CC)C(CNC(=NC)NCCc1c(C)nn(C)c1C)N1CCOCC1.I. The molecule has 2 heterocycles. The maximum Gasteiger partial charge on any atom is 0.191 e. The Hall–Kier alpha value is -0.870. The molecule has 1 unspecified atom stereocenters. The van der Waals surface area contributed by atoms with E-state index in [4.69, 9.17) is 4.74 Å². The Morgan fingerprint density at radius 1 is 1.17 bits per heavy atom. The molecule has 168 valence electrons. The van der Waals surface area contributed by atoms with E-state index >= 15 is 0 Å². The fourth-order valence-corrected chi connectivity index (χ4v) is 4.24. The summed E-state index contributed by atoms with van der Waals surface area (Å²) in [5, 5.41) is 11.6. The lowest BCUT2D eigenvalue weighted by molar-refractivity contribution is 0.00272. The Morgan fingerprint density at radius 2 is 1.83 bits per heavy atom. The Balaban J connectivity index is 0.00000420. The molecule has 7 nitrogen and oxygen atoms in total. The lowest BCUT2D eigenvalue weighted by Crippen LogP contribution is -2.53. The molecule has 1 aliphatic heterocycles. The average Bonchev–Trinajstić information content (AvgIpc) is 2.96. The Kier molecular flexibility index (Phi) is 12.1. The lowest BCUT2D eigenvalue weighted by Gasteiger charge is -2.39. The smallest absolute Gasteiger partial charge is 0.191 e. The minimum Gasteiger partial charge on any atom is -0.379 e. The summed E-state index contributed by atoms with van der Waals surface area (Å²) < 4.78 is 7.51. The molecule has 0 saturated carbocycles.